The number of alkyl carbamates (subject to hydrolysis) is 1. The standard InChI is InChI=1S/C30H30F3NO7/c1-29(2,3)41-28(37)34-24(27(36)39-18-20-8-6-5-7-9-20)16-19-10-13-22(14-11-19)40-25-15-12-21(26(35)38-4)17-23(25)30(31,32)33/h5-15,17,24H,16,18H2,1-4H3,(H,34,37)/t24-/m0/s1. The molecule has 0 fully saturated rings. The molecule has 3 aromatic carbocycles. The zero-order chi connectivity index (χ0) is 30.2. The highest BCUT2D eigenvalue weighted by molar-refractivity contribution is 5.89. The van der Waals surface area contributed by atoms with E-state index in [0.29, 0.717) is 11.6 Å². The second kappa shape index (κ2) is 13.2. The van der Waals surface area contributed by atoms with Gasteiger partial charge in [0.25, 0.3) is 0 Å². The molecular weight excluding hydrogens is 543 g/mol. The van der Waals surface area contributed by atoms with E-state index in [1.54, 1.807) is 57.2 Å². The summed E-state index contributed by atoms with van der Waals surface area (Å²) in [5, 5.41) is 2.53. The Balaban J connectivity index is 1.76. The summed E-state index contributed by atoms with van der Waals surface area (Å²) in [6.45, 7) is 5.04. The van der Waals surface area contributed by atoms with Crippen LogP contribution in [0.3, 0.4) is 0 Å². The van der Waals surface area contributed by atoms with Crippen LogP contribution in [-0.2, 0) is 38.2 Å². The van der Waals surface area contributed by atoms with Crippen molar-refractivity contribution in [1.82, 2.24) is 5.32 Å². The van der Waals surface area contributed by atoms with Crippen molar-refractivity contribution in [2.75, 3.05) is 7.11 Å². The molecule has 0 radical (unpaired) electrons. The van der Waals surface area contributed by atoms with Gasteiger partial charge in [0.15, 0.2) is 0 Å². The maximum absolute atomic E-state index is 13.6. The number of amides is 1. The van der Waals surface area contributed by atoms with E-state index in [-0.39, 0.29) is 24.3 Å². The van der Waals surface area contributed by atoms with E-state index >= 15 is 0 Å². The van der Waals surface area contributed by atoms with Crippen molar-refractivity contribution >= 4 is 18.0 Å². The molecular formula is C30H30F3NO7. The van der Waals surface area contributed by atoms with Crippen LogP contribution in [0.2, 0.25) is 0 Å². The number of hydrogen-bond donors (Lipinski definition) is 1. The summed E-state index contributed by atoms with van der Waals surface area (Å²) in [7, 11) is 1.07. The van der Waals surface area contributed by atoms with Crippen molar-refractivity contribution < 1.29 is 46.5 Å². The van der Waals surface area contributed by atoms with Gasteiger partial charge in [-0.2, -0.15) is 13.2 Å². The molecule has 0 heterocycles. The molecule has 0 aromatic heterocycles. The van der Waals surface area contributed by atoms with E-state index in [0.717, 1.165) is 18.7 Å². The van der Waals surface area contributed by atoms with E-state index < -0.39 is 47.2 Å². The highest BCUT2D eigenvalue weighted by Crippen LogP contribution is 2.39. The van der Waals surface area contributed by atoms with Crippen molar-refractivity contribution in [2.45, 2.75) is 51.6 Å². The molecule has 1 amide bonds. The van der Waals surface area contributed by atoms with Crippen molar-refractivity contribution in [2.24, 2.45) is 0 Å². The van der Waals surface area contributed by atoms with E-state index in [9.17, 15) is 27.6 Å². The van der Waals surface area contributed by atoms with Crippen LogP contribution in [0.4, 0.5) is 18.0 Å². The predicted octanol–water partition coefficient (Wildman–Crippen LogP) is 6.46. The van der Waals surface area contributed by atoms with Crippen LogP contribution >= 0.6 is 0 Å². The number of esters is 2. The van der Waals surface area contributed by atoms with Crippen LogP contribution in [0.15, 0.2) is 72.8 Å². The summed E-state index contributed by atoms with van der Waals surface area (Å²) in [6.07, 6.45) is -5.59. The third-order valence-electron chi connectivity index (χ3n) is 5.50. The molecule has 0 aliphatic carbocycles. The molecule has 0 aliphatic rings. The highest BCUT2D eigenvalue weighted by atomic mass is 19.4. The minimum Gasteiger partial charge on any atom is -0.465 e. The van der Waals surface area contributed by atoms with Crippen LogP contribution in [-0.4, -0.2) is 36.8 Å². The Kier molecular flexibility index (Phi) is 9.99. The first kappa shape index (κ1) is 31.0. The number of nitrogens with one attached hydrogen (secondary N) is 1. The average molecular weight is 574 g/mol. The molecule has 0 saturated heterocycles. The minimum absolute atomic E-state index is 0.00471. The largest absolute Gasteiger partial charge is 0.465 e. The topological polar surface area (TPSA) is 100 Å². The van der Waals surface area contributed by atoms with Crippen LogP contribution in [0, 0.1) is 0 Å². The van der Waals surface area contributed by atoms with E-state index in [1.165, 1.54) is 18.2 Å². The number of carbonyl (C=O) groups is 3. The number of carbonyl (C=O) groups excluding carboxylic acids is 3. The molecule has 0 saturated carbocycles. The quantitative estimate of drug-likeness (QED) is 0.232. The summed E-state index contributed by atoms with van der Waals surface area (Å²) in [4.78, 5) is 37.0. The van der Waals surface area contributed by atoms with Crippen molar-refractivity contribution in [3.05, 3.63) is 95.1 Å². The molecule has 1 atom stereocenters. The van der Waals surface area contributed by atoms with Gasteiger partial charge in [-0.3, -0.25) is 0 Å². The van der Waals surface area contributed by atoms with Gasteiger partial charge in [0.1, 0.15) is 29.7 Å². The van der Waals surface area contributed by atoms with Gasteiger partial charge >= 0.3 is 24.2 Å². The third-order valence-corrected chi connectivity index (χ3v) is 5.50. The first-order valence-electron chi connectivity index (χ1n) is 12.5. The van der Waals surface area contributed by atoms with Crippen LogP contribution in [0.1, 0.15) is 47.8 Å². The lowest BCUT2D eigenvalue weighted by Gasteiger charge is -2.23. The molecule has 11 heteroatoms. The number of hydrogen-bond acceptors (Lipinski definition) is 7. The Hall–Kier alpha value is -4.54. The summed E-state index contributed by atoms with van der Waals surface area (Å²) in [5.41, 5.74) is -0.896. The average Bonchev–Trinajstić information content (AvgIpc) is 2.91. The molecule has 3 rings (SSSR count). The molecule has 0 bridgehead atoms. The fourth-order valence-corrected chi connectivity index (χ4v) is 3.61. The Morgan fingerprint density at radius 2 is 1.54 bits per heavy atom. The van der Waals surface area contributed by atoms with Gasteiger partial charge in [-0.1, -0.05) is 42.5 Å². The highest BCUT2D eigenvalue weighted by Gasteiger charge is 2.35. The number of halogens is 3. The zero-order valence-corrected chi connectivity index (χ0v) is 22.9. The maximum atomic E-state index is 13.6. The number of alkyl halides is 3. The number of benzene rings is 3. The smallest absolute Gasteiger partial charge is 0.420 e. The number of rotatable bonds is 9. The fourth-order valence-electron chi connectivity index (χ4n) is 3.61. The Bertz CT molecular complexity index is 1350. The summed E-state index contributed by atoms with van der Waals surface area (Å²) >= 11 is 0. The second-order valence-corrected chi connectivity index (χ2v) is 9.94. The molecule has 3 aromatic rings. The number of methoxy groups -OCH3 is 1. The molecule has 218 valence electrons. The van der Waals surface area contributed by atoms with Crippen molar-refractivity contribution in [3.8, 4) is 11.5 Å². The first-order valence-corrected chi connectivity index (χ1v) is 12.5. The molecule has 41 heavy (non-hydrogen) atoms. The first-order chi connectivity index (χ1) is 19.2. The van der Waals surface area contributed by atoms with Gasteiger partial charge in [0.05, 0.1) is 18.2 Å². The van der Waals surface area contributed by atoms with Crippen LogP contribution < -0.4 is 10.1 Å². The third kappa shape index (κ3) is 9.55. The Labute approximate surface area is 235 Å². The van der Waals surface area contributed by atoms with E-state index in [4.69, 9.17) is 14.2 Å². The van der Waals surface area contributed by atoms with Gasteiger partial charge in [-0.05, 0) is 62.2 Å². The molecule has 8 nitrogen and oxygen atoms in total. The molecule has 0 unspecified atom stereocenters. The Morgan fingerprint density at radius 1 is 0.878 bits per heavy atom. The van der Waals surface area contributed by atoms with Crippen LogP contribution in [0.25, 0.3) is 0 Å². The lowest BCUT2D eigenvalue weighted by molar-refractivity contribution is -0.147. The SMILES string of the molecule is COC(=O)c1ccc(Oc2ccc(C[C@H](NC(=O)OC(C)(C)C)C(=O)OCc3ccccc3)cc2)c(C(F)(F)F)c1. The molecule has 0 spiro atoms. The van der Waals surface area contributed by atoms with E-state index in [1.807, 2.05) is 6.07 Å². The molecule has 0 aliphatic heterocycles. The summed E-state index contributed by atoms with van der Waals surface area (Å²) < 4.78 is 61.6. The lowest BCUT2D eigenvalue weighted by Crippen LogP contribution is -2.45. The molecule has 1 N–H and O–H groups in total. The summed E-state index contributed by atoms with van der Waals surface area (Å²) in [6, 6.07) is 16.7. The monoisotopic (exact) mass is 573 g/mol. The summed E-state index contributed by atoms with van der Waals surface area (Å²) in [5.74, 6) is -2.04. The van der Waals surface area contributed by atoms with Gasteiger partial charge in [-0.25, -0.2) is 14.4 Å². The Morgan fingerprint density at radius 3 is 2.12 bits per heavy atom. The lowest BCUT2D eigenvalue weighted by atomic mass is 10.1. The minimum atomic E-state index is -4.79. The van der Waals surface area contributed by atoms with Gasteiger partial charge in [0.2, 0.25) is 0 Å². The normalized spacial score (nSPS) is 12.2. The van der Waals surface area contributed by atoms with Crippen molar-refractivity contribution in [3.63, 3.8) is 0 Å². The van der Waals surface area contributed by atoms with Crippen molar-refractivity contribution in [1.29, 1.82) is 0 Å². The van der Waals surface area contributed by atoms with E-state index in [2.05, 4.69) is 10.1 Å². The maximum Gasteiger partial charge on any atom is 0.420 e. The van der Waals surface area contributed by atoms with Gasteiger partial charge < -0.3 is 24.3 Å². The van der Waals surface area contributed by atoms with Gasteiger partial charge in [0, 0.05) is 6.42 Å². The van der Waals surface area contributed by atoms with Gasteiger partial charge in [-0.15, -0.1) is 0 Å². The fraction of sp³-hybridized carbons (Fsp3) is 0.300. The zero-order valence-electron chi connectivity index (χ0n) is 22.9. The predicted molar refractivity (Wildman–Crippen MR) is 142 cm³/mol. The number of ether oxygens (including phenoxy) is 4. The second-order valence-electron chi connectivity index (χ2n) is 9.94. The van der Waals surface area contributed by atoms with Crippen LogP contribution in [0.5, 0.6) is 11.5 Å².